The zero-order valence-corrected chi connectivity index (χ0v) is 20.9. The van der Waals surface area contributed by atoms with Gasteiger partial charge >= 0.3 is 0 Å². The number of halogens is 1. The third-order valence-electron chi connectivity index (χ3n) is 5.56. The van der Waals surface area contributed by atoms with Crippen molar-refractivity contribution in [1.82, 2.24) is 10.6 Å². The van der Waals surface area contributed by atoms with Crippen molar-refractivity contribution in [1.29, 1.82) is 0 Å². The molecule has 1 heterocycles. The molecule has 3 rings (SSSR count). The number of rotatable bonds is 8. The van der Waals surface area contributed by atoms with Crippen molar-refractivity contribution in [3.8, 4) is 5.75 Å². The predicted molar refractivity (Wildman–Crippen MR) is 138 cm³/mol. The van der Waals surface area contributed by atoms with Gasteiger partial charge in [0.1, 0.15) is 5.75 Å². The van der Waals surface area contributed by atoms with E-state index in [0.717, 1.165) is 48.9 Å². The first kappa shape index (κ1) is 25.0. The van der Waals surface area contributed by atoms with E-state index < -0.39 is 0 Å². The summed E-state index contributed by atoms with van der Waals surface area (Å²) in [6.45, 7) is 4.57. The molecule has 6 nitrogen and oxygen atoms in total. The maximum Gasteiger partial charge on any atom is 0.227 e. The van der Waals surface area contributed by atoms with Crippen LogP contribution in [0.5, 0.6) is 5.75 Å². The molecule has 0 radical (unpaired) electrons. The van der Waals surface area contributed by atoms with Gasteiger partial charge in [-0.2, -0.15) is 0 Å². The molecule has 168 valence electrons. The number of nitrogens with zero attached hydrogens (tertiary/aromatic N) is 2. The maximum absolute atomic E-state index is 11.9. The van der Waals surface area contributed by atoms with Crippen LogP contribution in [0.2, 0.25) is 0 Å². The highest BCUT2D eigenvalue weighted by molar-refractivity contribution is 14.0. The number of aliphatic imine (C=N–C) groups is 1. The number of methoxy groups -OCH3 is 1. The molecule has 2 aromatic carbocycles. The molecule has 2 N–H and O–H groups in total. The van der Waals surface area contributed by atoms with E-state index in [1.807, 2.05) is 29.2 Å². The molecule has 1 aliphatic heterocycles. The Morgan fingerprint density at radius 2 is 1.84 bits per heavy atom. The monoisotopic (exact) mass is 536 g/mol. The second-order valence-electron chi connectivity index (χ2n) is 7.63. The van der Waals surface area contributed by atoms with Gasteiger partial charge < -0.3 is 20.3 Å². The van der Waals surface area contributed by atoms with Gasteiger partial charge in [-0.05, 0) is 54.2 Å². The second kappa shape index (κ2) is 12.5. The molecule has 2 aromatic rings. The molecule has 1 fully saturated rings. The topological polar surface area (TPSA) is 66.0 Å². The van der Waals surface area contributed by atoms with E-state index in [-0.39, 0.29) is 29.9 Å². The van der Waals surface area contributed by atoms with Gasteiger partial charge in [-0.15, -0.1) is 24.0 Å². The Labute approximate surface area is 202 Å². The van der Waals surface area contributed by atoms with Crippen molar-refractivity contribution in [3.05, 3.63) is 59.7 Å². The summed E-state index contributed by atoms with van der Waals surface area (Å²) < 4.78 is 5.22. The minimum absolute atomic E-state index is 0. The molecule has 31 heavy (non-hydrogen) atoms. The zero-order chi connectivity index (χ0) is 21.3. The average molecular weight is 536 g/mol. The van der Waals surface area contributed by atoms with Crippen LogP contribution in [0.3, 0.4) is 0 Å². The lowest BCUT2D eigenvalue weighted by Gasteiger charge is -2.17. The number of ether oxygens (including phenoxy) is 1. The molecule has 1 amide bonds. The molecule has 0 bridgehead atoms. The number of hydrogen-bond acceptors (Lipinski definition) is 3. The van der Waals surface area contributed by atoms with Gasteiger partial charge in [-0.1, -0.05) is 31.2 Å². The Morgan fingerprint density at radius 3 is 2.42 bits per heavy atom. The van der Waals surface area contributed by atoms with E-state index in [1.165, 1.54) is 5.56 Å². The molecular formula is C24H33IN4O2. The highest BCUT2D eigenvalue weighted by Gasteiger charge is 2.21. The van der Waals surface area contributed by atoms with Crippen LogP contribution < -0.4 is 20.3 Å². The van der Waals surface area contributed by atoms with Crippen LogP contribution in [-0.4, -0.2) is 39.1 Å². The molecule has 1 saturated heterocycles. The van der Waals surface area contributed by atoms with Crippen molar-refractivity contribution in [2.45, 2.75) is 38.6 Å². The summed E-state index contributed by atoms with van der Waals surface area (Å²) >= 11 is 0. The molecule has 0 spiro atoms. The smallest absolute Gasteiger partial charge is 0.227 e. The van der Waals surface area contributed by atoms with Gasteiger partial charge in [0.25, 0.3) is 0 Å². The number of carbonyl (C=O) groups is 1. The van der Waals surface area contributed by atoms with E-state index >= 15 is 0 Å². The lowest BCUT2D eigenvalue weighted by atomic mass is 9.98. The van der Waals surface area contributed by atoms with Crippen molar-refractivity contribution in [2.24, 2.45) is 4.99 Å². The quantitative estimate of drug-likeness (QED) is 0.300. The van der Waals surface area contributed by atoms with E-state index in [1.54, 1.807) is 14.2 Å². The molecule has 1 aliphatic rings. The SMILES string of the molecule is CN=C(NCCC(C)c1ccc(OC)cc1)NCc1ccc(N2CCCC2=O)cc1.I. The Kier molecular flexibility index (Phi) is 10.1. The normalized spacial score (nSPS) is 14.7. The Hall–Kier alpha value is -2.29. The van der Waals surface area contributed by atoms with Gasteiger partial charge in [-0.25, -0.2) is 0 Å². The van der Waals surface area contributed by atoms with Crippen LogP contribution in [0, 0.1) is 0 Å². The molecule has 7 heteroatoms. The molecule has 0 aromatic heterocycles. The lowest BCUT2D eigenvalue weighted by molar-refractivity contribution is -0.117. The van der Waals surface area contributed by atoms with Crippen LogP contribution in [0.15, 0.2) is 53.5 Å². The minimum atomic E-state index is 0. The molecular weight excluding hydrogens is 503 g/mol. The second-order valence-corrected chi connectivity index (χ2v) is 7.63. The predicted octanol–water partition coefficient (Wildman–Crippen LogP) is 4.30. The fourth-order valence-corrected chi connectivity index (χ4v) is 3.63. The largest absolute Gasteiger partial charge is 0.497 e. The Balaban J connectivity index is 0.00000341. The third-order valence-corrected chi connectivity index (χ3v) is 5.56. The van der Waals surface area contributed by atoms with Gasteiger partial charge in [0, 0.05) is 38.8 Å². The fourth-order valence-electron chi connectivity index (χ4n) is 3.63. The van der Waals surface area contributed by atoms with Crippen LogP contribution in [0.1, 0.15) is 43.2 Å². The Bertz CT molecular complexity index is 853. The van der Waals surface area contributed by atoms with Crippen LogP contribution in [0.25, 0.3) is 0 Å². The number of carbonyl (C=O) groups excluding carboxylic acids is 1. The first-order valence-electron chi connectivity index (χ1n) is 10.6. The van der Waals surface area contributed by atoms with Crippen molar-refractivity contribution in [2.75, 3.05) is 32.1 Å². The molecule has 0 aliphatic carbocycles. The number of anilines is 1. The summed E-state index contributed by atoms with van der Waals surface area (Å²) in [7, 11) is 3.47. The number of nitrogens with one attached hydrogen (secondary N) is 2. The average Bonchev–Trinajstić information content (AvgIpc) is 3.22. The van der Waals surface area contributed by atoms with E-state index in [4.69, 9.17) is 4.74 Å². The van der Waals surface area contributed by atoms with E-state index in [9.17, 15) is 4.79 Å². The zero-order valence-electron chi connectivity index (χ0n) is 18.6. The van der Waals surface area contributed by atoms with Crippen molar-refractivity contribution >= 4 is 41.5 Å². The standard InChI is InChI=1S/C24H32N4O2.HI/c1-18(20-8-12-22(30-3)13-9-20)14-15-26-24(25-2)27-17-19-6-10-21(11-7-19)28-16-4-5-23(28)29;/h6-13,18H,4-5,14-17H2,1-3H3,(H2,25,26,27);1H. The van der Waals surface area contributed by atoms with Crippen LogP contribution >= 0.6 is 24.0 Å². The number of guanidine groups is 1. The van der Waals surface area contributed by atoms with Gasteiger partial charge in [0.2, 0.25) is 5.91 Å². The molecule has 0 saturated carbocycles. The summed E-state index contributed by atoms with van der Waals surface area (Å²) in [6, 6.07) is 16.4. The highest BCUT2D eigenvalue weighted by Crippen LogP contribution is 2.22. The third kappa shape index (κ3) is 7.12. The van der Waals surface area contributed by atoms with E-state index in [0.29, 0.717) is 18.9 Å². The first-order valence-corrected chi connectivity index (χ1v) is 10.6. The van der Waals surface area contributed by atoms with Crippen LogP contribution in [0.4, 0.5) is 5.69 Å². The van der Waals surface area contributed by atoms with Crippen molar-refractivity contribution < 1.29 is 9.53 Å². The lowest BCUT2D eigenvalue weighted by Crippen LogP contribution is -2.37. The maximum atomic E-state index is 11.9. The summed E-state index contributed by atoms with van der Waals surface area (Å²) in [6.07, 6.45) is 2.61. The summed E-state index contributed by atoms with van der Waals surface area (Å²) in [5.74, 6) is 2.33. The van der Waals surface area contributed by atoms with Gasteiger partial charge in [0.15, 0.2) is 5.96 Å². The molecule has 1 atom stereocenters. The Morgan fingerprint density at radius 1 is 1.13 bits per heavy atom. The first-order chi connectivity index (χ1) is 14.6. The fraction of sp³-hybridized carbons (Fsp3) is 0.417. The van der Waals surface area contributed by atoms with Crippen LogP contribution in [-0.2, 0) is 11.3 Å². The molecule has 1 unspecified atom stereocenters. The van der Waals surface area contributed by atoms with Gasteiger partial charge in [-0.3, -0.25) is 9.79 Å². The van der Waals surface area contributed by atoms with Gasteiger partial charge in [0.05, 0.1) is 7.11 Å². The number of amides is 1. The highest BCUT2D eigenvalue weighted by atomic mass is 127. The number of hydrogen-bond donors (Lipinski definition) is 2. The summed E-state index contributed by atoms with van der Waals surface area (Å²) in [5.41, 5.74) is 3.44. The minimum Gasteiger partial charge on any atom is -0.497 e. The number of benzene rings is 2. The van der Waals surface area contributed by atoms with Crippen molar-refractivity contribution in [3.63, 3.8) is 0 Å². The summed E-state index contributed by atoms with van der Waals surface area (Å²) in [5, 5.41) is 6.74. The van der Waals surface area contributed by atoms with E-state index in [2.05, 4.69) is 46.8 Å². The summed E-state index contributed by atoms with van der Waals surface area (Å²) in [4.78, 5) is 18.0.